The topological polar surface area (TPSA) is 65.5 Å². The highest BCUT2D eigenvalue weighted by atomic mass is 79.9. The molecular formula is C19H22BrFN4O. The van der Waals surface area contributed by atoms with Crippen molar-refractivity contribution in [2.75, 3.05) is 26.7 Å². The minimum Gasteiger partial charge on any atom is -0.356 e. The molecule has 0 spiro atoms. The highest BCUT2D eigenvalue weighted by molar-refractivity contribution is 9.10. The van der Waals surface area contributed by atoms with Gasteiger partial charge in [0, 0.05) is 36.7 Å². The van der Waals surface area contributed by atoms with E-state index < -0.39 is 0 Å². The van der Waals surface area contributed by atoms with Crippen molar-refractivity contribution >= 4 is 27.8 Å². The molecule has 0 saturated heterocycles. The summed E-state index contributed by atoms with van der Waals surface area (Å²) in [6, 6.07) is 13.7. The normalized spacial score (nSPS) is 11.1. The van der Waals surface area contributed by atoms with Crippen LogP contribution in [-0.2, 0) is 6.42 Å². The summed E-state index contributed by atoms with van der Waals surface area (Å²) in [7, 11) is 1.68. The van der Waals surface area contributed by atoms with Crippen LogP contribution in [0.4, 0.5) is 4.39 Å². The molecule has 3 N–H and O–H groups in total. The molecule has 0 atom stereocenters. The molecule has 0 bridgehead atoms. The molecule has 0 fully saturated rings. The molecule has 138 valence electrons. The summed E-state index contributed by atoms with van der Waals surface area (Å²) in [5.41, 5.74) is 1.54. The summed E-state index contributed by atoms with van der Waals surface area (Å²) in [6.07, 6.45) is 0.693. The zero-order valence-electron chi connectivity index (χ0n) is 14.6. The van der Waals surface area contributed by atoms with Gasteiger partial charge in [-0.05, 0) is 48.4 Å². The Labute approximate surface area is 161 Å². The quantitative estimate of drug-likeness (QED) is 0.366. The number of benzene rings is 2. The van der Waals surface area contributed by atoms with E-state index in [1.807, 2.05) is 18.2 Å². The maximum Gasteiger partial charge on any atom is 0.251 e. The molecule has 0 aliphatic rings. The molecule has 5 nitrogen and oxygen atoms in total. The molecule has 0 saturated carbocycles. The predicted molar refractivity (Wildman–Crippen MR) is 106 cm³/mol. The van der Waals surface area contributed by atoms with Gasteiger partial charge in [-0.1, -0.05) is 28.1 Å². The molecule has 0 aliphatic heterocycles. The van der Waals surface area contributed by atoms with Crippen LogP contribution in [0.3, 0.4) is 0 Å². The van der Waals surface area contributed by atoms with Crippen molar-refractivity contribution in [1.82, 2.24) is 16.0 Å². The first-order chi connectivity index (χ1) is 12.6. The third-order valence-electron chi connectivity index (χ3n) is 3.63. The molecule has 0 heterocycles. The summed E-state index contributed by atoms with van der Waals surface area (Å²) in [5, 5.41) is 9.13. The van der Waals surface area contributed by atoms with Crippen LogP contribution in [-0.4, -0.2) is 38.5 Å². The van der Waals surface area contributed by atoms with Crippen molar-refractivity contribution in [2.24, 2.45) is 4.99 Å². The standard InChI is InChI=1S/C19H22BrFN4O/c1-22-19(24-10-9-14-3-2-4-17(21)13-14)25-12-11-23-18(26)15-5-7-16(20)8-6-15/h2-8,13H,9-12H2,1H3,(H,23,26)(H2,22,24,25). The number of nitrogens with zero attached hydrogens (tertiary/aromatic N) is 1. The van der Waals surface area contributed by atoms with Gasteiger partial charge in [-0.15, -0.1) is 0 Å². The lowest BCUT2D eigenvalue weighted by atomic mass is 10.1. The van der Waals surface area contributed by atoms with Gasteiger partial charge in [-0.3, -0.25) is 9.79 Å². The first-order valence-electron chi connectivity index (χ1n) is 8.31. The number of carbonyl (C=O) groups is 1. The molecule has 2 aromatic rings. The Morgan fingerprint density at radius 3 is 2.42 bits per heavy atom. The van der Waals surface area contributed by atoms with E-state index in [9.17, 15) is 9.18 Å². The number of aliphatic imine (C=N–C) groups is 1. The molecule has 0 unspecified atom stereocenters. The average molecular weight is 421 g/mol. The molecule has 0 radical (unpaired) electrons. The van der Waals surface area contributed by atoms with Gasteiger partial charge < -0.3 is 16.0 Å². The number of carbonyl (C=O) groups excluding carboxylic acids is 1. The van der Waals surface area contributed by atoms with Gasteiger partial charge in [0.1, 0.15) is 5.82 Å². The molecular weight excluding hydrogens is 399 g/mol. The summed E-state index contributed by atoms with van der Waals surface area (Å²) in [6.45, 7) is 1.65. The van der Waals surface area contributed by atoms with E-state index in [0.29, 0.717) is 37.6 Å². The number of rotatable bonds is 7. The van der Waals surface area contributed by atoms with E-state index in [-0.39, 0.29) is 11.7 Å². The van der Waals surface area contributed by atoms with Crippen LogP contribution < -0.4 is 16.0 Å². The first kappa shape index (κ1) is 19.9. The largest absolute Gasteiger partial charge is 0.356 e. The number of hydrogen-bond donors (Lipinski definition) is 3. The number of amides is 1. The molecule has 2 rings (SSSR count). The lowest BCUT2D eigenvalue weighted by molar-refractivity contribution is 0.0954. The smallest absolute Gasteiger partial charge is 0.251 e. The van der Waals surface area contributed by atoms with Gasteiger partial charge in [-0.2, -0.15) is 0 Å². The maximum atomic E-state index is 13.1. The first-order valence-corrected chi connectivity index (χ1v) is 9.10. The Morgan fingerprint density at radius 1 is 1.04 bits per heavy atom. The second-order valence-corrected chi connectivity index (χ2v) is 6.48. The Bertz CT molecular complexity index is 749. The Balaban J connectivity index is 1.65. The van der Waals surface area contributed by atoms with Crippen LogP contribution in [0.5, 0.6) is 0 Å². The monoisotopic (exact) mass is 420 g/mol. The van der Waals surface area contributed by atoms with Gasteiger partial charge in [0.2, 0.25) is 0 Å². The summed E-state index contributed by atoms with van der Waals surface area (Å²) in [5.74, 6) is 0.291. The zero-order valence-corrected chi connectivity index (χ0v) is 16.1. The lowest BCUT2D eigenvalue weighted by Crippen LogP contribution is -2.42. The maximum absolute atomic E-state index is 13.1. The predicted octanol–water partition coefficient (Wildman–Crippen LogP) is 2.73. The Hall–Kier alpha value is -2.41. The highest BCUT2D eigenvalue weighted by Crippen LogP contribution is 2.10. The Morgan fingerprint density at radius 2 is 1.73 bits per heavy atom. The third kappa shape index (κ3) is 6.84. The molecule has 2 aromatic carbocycles. The summed E-state index contributed by atoms with van der Waals surface area (Å²) in [4.78, 5) is 16.1. The van der Waals surface area contributed by atoms with Crippen LogP contribution in [0.1, 0.15) is 15.9 Å². The number of nitrogens with one attached hydrogen (secondary N) is 3. The van der Waals surface area contributed by atoms with E-state index in [1.54, 1.807) is 25.2 Å². The van der Waals surface area contributed by atoms with Crippen LogP contribution in [0, 0.1) is 5.82 Å². The second kappa shape index (κ2) is 10.6. The van der Waals surface area contributed by atoms with Crippen molar-refractivity contribution in [3.63, 3.8) is 0 Å². The lowest BCUT2D eigenvalue weighted by Gasteiger charge is -2.12. The van der Waals surface area contributed by atoms with Gasteiger partial charge in [0.05, 0.1) is 0 Å². The summed E-state index contributed by atoms with van der Waals surface area (Å²) >= 11 is 3.34. The molecule has 7 heteroatoms. The van der Waals surface area contributed by atoms with Crippen molar-refractivity contribution in [3.05, 3.63) is 69.9 Å². The van der Waals surface area contributed by atoms with Crippen LogP contribution in [0.2, 0.25) is 0 Å². The van der Waals surface area contributed by atoms with Crippen LogP contribution >= 0.6 is 15.9 Å². The van der Waals surface area contributed by atoms with Crippen molar-refractivity contribution in [2.45, 2.75) is 6.42 Å². The molecule has 26 heavy (non-hydrogen) atoms. The SMILES string of the molecule is CN=C(NCCNC(=O)c1ccc(Br)cc1)NCCc1cccc(F)c1. The van der Waals surface area contributed by atoms with Gasteiger partial charge in [-0.25, -0.2) is 4.39 Å². The third-order valence-corrected chi connectivity index (χ3v) is 4.16. The molecule has 0 aromatic heterocycles. The van der Waals surface area contributed by atoms with Gasteiger partial charge in [0.15, 0.2) is 5.96 Å². The molecule has 1 amide bonds. The second-order valence-electron chi connectivity index (χ2n) is 5.57. The van der Waals surface area contributed by atoms with E-state index in [0.717, 1.165) is 10.0 Å². The number of hydrogen-bond acceptors (Lipinski definition) is 2. The highest BCUT2D eigenvalue weighted by Gasteiger charge is 2.04. The molecule has 0 aliphatic carbocycles. The Kier molecular flexibility index (Phi) is 8.08. The van der Waals surface area contributed by atoms with E-state index >= 15 is 0 Å². The van der Waals surface area contributed by atoms with E-state index in [1.165, 1.54) is 12.1 Å². The summed E-state index contributed by atoms with van der Waals surface area (Å²) < 4.78 is 14.1. The minimum absolute atomic E-state index is 0.117. The van der Waals surface area contributed by atoms with Gasteiger partial charge in [0.25, 0.3) is 5.91 Å². The fraction of sp³-hybridized carbons (Fsp3) is 0.263. The van der Waals surface area contributed by atoms with Crippen LogP contribution in [0.15, 0.2) is 58.0 Å². The minimum atomic E-state index is -0.230. The van der Waals surface area contributed by atoms with Gasteiger partial charge >= 0.3 is 0 Å². The zero-order chi connectivity index (χ0) is 18.8. The van der Waals surface area contributed by atoms with E-state index in [4.69, 9.17) is 0 Å². The fourth-order valence-electron chi connectivity index (χ4n) is 2.30. The van der Waals surface area contributed by atoms with Crippen molar-refractivity contribution < 1.29 is 9.18 Å². The number of halogens is 2. The van der Waals surface area contributed by atoms with Crippen molar-refractivity contribution in [1.29, 1.82) is 0 Å². The average Bonchev–Trinajstić information content (AvgIpc) is 2.64. The number of guanidine groups is 1. The van der Waals surface area contributed by atoms with E-state index in [2.05, 4.69) is 36.9 Å². The van der Waals surface area contributed by atoms with Crippen molar-refractivity contribution in [3.8, 4) is 0 Å². The fourth-order valence-corrected chi connectivity index (χ4v) is 2.56. The van der Waals surface area contributed by atoms with Crippen LogP contribution in [0.25, 0.3) is 0 Å².